The number of likely N-dealkylation sites (tertiary alicyclic amines) is 1. The summed E-state index contributed by atoms with van der Waals surface area (Å²) in [6, 6.07) is 4.46. The fourth-order valence-corrected chi connectivity index (χ4v) is 2.93. The second-order valence-corrected chi connectivity index (χ2v) is 5.60. The highest BCUT2D eigenvalue weighted by Gasteiger charge is 2.29. The van der Waals surface area contributed by atoms with Crippen molar-refractivity contribution < 1.29 is 13.9 Å². The lowest BCUT2D eigenvalue weighted by molar-refractivity contribution is -0.148. The van der Waals surface area contributed by atoms with Crippen molar-refractivity contribution in [1.29, 1.82) is 0 Å². The molecule has 1 aromatic carbocycles. The van der Waals surface area contributed by atoms with Crippen LogP contribution in [-0.2, 0) is 16.1 Å². The fourth-order valence-electron chi connectivity index (χ4n) is 2.45. The van der Waals surface area contributed by atoms with E-state index in [9.17, 15) is 9.18 Å². The largest absolute Gasteiger partial charge is 0.468 e. The first-order valence-corrected chi connectivity index (χ1v) is 7.17. The minimum Gasteiger partial charge on any atom is -0.468 e. The van der Waals surface area contributed by atoms with E-state index in [-0.39, 0.29) is 17.8 Å². The van der Waals surface area contributed by atoms with Crippen LogP contribution >= 0.6 is 15.9 Å². The fraction of sp³-hybridized carbons (Fsp3) is 0.500. The number of carbonyl (C=O) groups excluding carboxylic acids is 1. The first-order chi connectivity index (χ1) is 9.11. The van der Waals surface area contributed by atoms with E-state index >= 15 is 0 Å². The van der Waals surface area contributed by atoms with Gasteiger partial charge in [-0.05, 0) is 37.1 Å². The van der Waals surface area contributed by atoms with Gasteiger partial charge in [-0.3, -0.25) is 9.69 Å². The lowest BCUT2D eigenvalue weighted by Crippen LogP contribution is -2.44. The topological polar surface area (TPSA) is 29.5 Å². The van der Waals surface area contributed by atoms with Gasteiger partial charge in [-0.25, -0.2) is 4.39 Å². The number of halogens is 2. The molecule has 2 rings (SSSR count). The van der Waals surface area contributed by atoms with Crippen molar-refractivity contribution in [3.63, 3.8) is 0 Å². The normalized spacial score (nSPS) is 20.3. The molecule has 1 aliphatic rings. The average Bonchev–Trinajstić information content (AvgIpc) is 2.41. The van der Waals surface area contributed by atoms with E-state index in [0.717, 1.165) is 35.8 Å². The molecule has 3 nitrogen and oxygen atoms in total. The Morgan fingerprint density at radius 3 is 3.00 bits per heavy atom. The molecule has 104 valence electrons. The van der Waals surface area contributed by atoms with E-state index in [0.29, 0.717) is 6.54 Å². The summed E-state index contributed by atoms with van der Waals surface area (Å²) in [7, 11) is 1.42. The van der Waals surface area contributed by atoms with Gasteiger partial charge in [0.15, 0.2) is 0 Å². The van der Waals surface area contributed by atoms with Crippen molar-refractivity contribution in [3.8, 4) is 0 Å². The van der Waals surface area contributed by atoms with Gasteiger partial charge in [-0.2, -0.15) is 0 Å². The van der Waals surface area contributed by atoms with Crippen molar-refractivity contribution in [2.45, 2.75) is 31.8 Å². The molecule has 0 spiro atoms. The molecule has 1 heterocycles. The Kier molecular flexibility index (Phi) is 4.93. The van der Waals surface area contributed by atoms with Gasteiger partial charge in [-0.15, -0.1) is 0 Å². The number of esters is 1. The second-order valence-electron chi connectivity index (χ2n) is 4.74. The zero-order chi connectivity index (χ0) is 13.8. The Morgan fingerprint density at radius 2 is 2.32 bits per heavy atom. The third-order valence-corrected chi connectivity index (χ3v) is 4.21. The van der Waals surface area contributed by atoms with Crippen LogP contribution in [-0.4, -0.2) is 30.6 Å². The van der Waals surface area contributed by atoms with Crippen LogP contribution in [0.1, 0.15) is 24.8 Å². The van der Waals surface area contributed by atoms with E-state index in [1.54, 1.807) is 6.07 Å². The number of benzene rings is 1. The predicted molar refractivity (Wildman–Crippen MR) is 74.2 cm³/mol. The highest BCUT2D eigenvalue weighted by molar-refractivity contribution is 9.10. The Bertz CT molecular complexity index is 467. The second kappa shape index (κ2) is 6.48. The van der Waals surface area contributed by atoms with Crippen molar-refractivity contribution in [2.24, 2.45) is 0 Å². The van der Waals surface area contributed by atoms with Gasteiger partial charge < -0.3 is 4.74 Å². The van der Waals surface area contributed by atoms with E-state index in [1.165, 1.54) is 19.2 Å². The van der Waals surface area contributed by atoms with Crippen LogP contribution in [0.4, 0.5) is 4.39 Å². The molecule has 19 heavy (non-hydrogen) atoms. The number of methoxy groups -OCH3 is 1. The predicted octanol–water partition coefficient (Wildman–Crippen LogP) is 3.12. The highest BCUT2D eigenvalue weighted by Crippen LogP contribution is 2.24. The monoisotopic (exact) mass is 329 g/mol. The van der Waals surface area contributed by atoms with Gasteiger partial charge in [0.2, 0.25) is 0 Å². The maximum atomic E-state index is 13.1. The number of piperidine rings is 1. The third kappa shape index (κ3) is 3.54. The molecule has 0 radical (unpaired) electrons. The summed E-state index contributed by atoms with van der Waals surface area (Å²) in [5.41, 5.74) is 0.984. The Balaban J connectivity index is 2.13. The number of rotatable bonds is 3. The zero-order valence-electron chi connectivity index (χ0n) is 10.9. The van der Waals surface area contributed by atoms with Crippen LogP contribution in [0.25, 0.3) is 0 Å². The van der Waals surface area contributed by atoms with E-state index < -0.39 is 0 Å². The van der Waals surface area contributed by atoms with E-state index in [4.69, 9.17) is 4.74 Å². The Hall–Kier alpha value is -0.940. The van der Waals surface area contributed by atoms with E-state index in [2.05, 4.69) is 20.8 Å². The van der Waals surface area contributed by atoms with Crippen molar-refractivity contribution in [1.82, 2.24) is 4.90 Å². The lowest BCUT2D eigenvalue weighted by atomic mass is 10.0. The van der Waals surface area contributed by atoms with Gasteiger partial charge in [0, 0.05) is 11.0 Å². The molecule has 1 aromatic rings. The van der Waals surface area contributed by atoms with Crippen LogP contribution in [0.5, 0.6) is 0 Å². The smallest absolute Gasteiger partial charge is 0.323 e. The standard InChI is InChI=1S/C14H17BrFNO2/c1-19-14(18)13-4-2-3-7-17(13)9-10-5-6-11(16)8-12(10)15/h5-6,8,13H,2-4,7,9H2,1H3. The molecule has 0 saturated carbocycles. The molecule has 5 heteroatoms. The van der Waals surface area contributed by atoms with Gasteiger partial charge in [0.1, 0.15) is 11.9 Å². The quantitative estimate of drug-likeness (QED) is 0.798. The summed E-state index contributed by atoms with van der Waals surface area (Å²) in [5.74, 6) is -0.447. The summed E-state index contributed by atoms with van der Waals surface area (Å²) < 4.78 is 18.7. The Morgan fingerprint density at radius 1 is 1.53 bits per heavy atom. The summed E-state index contributed by atoms with van der Waals surface area (Å²) in [5, 5.41) is 0. The van der Waals surface area contributed by atoms with Crippen molar-refractivity contribution in [2.75, 3.05) is 13.7 Å². The van der Waals surface area contributed by atoms with Crippen LogP contribution < -0.4 is 0 Å². The van der Waals surface area contributed by atoms with Crippen LogP contribution in [0.15, 0.2) is 22.7 Å². The van der Waals surface area contributed by atoms with Gasteiger partial charge >= 0.3 is 5.97 Å². The number of hydrogen-bond acceptors (Lipinski definition) is 3. The number of ether oxygens (including phenoxy) is 1. The highest BCUT2D eigenvalue weighted by atomic mass is 79.9. The molecule has 0 aromatic heterocycles. The zero-order valence-corrected chi connectivity index (χ0v) is 12.5. The SMILES string of the molecule is COC(=O)C1CCCCN1Cc1ccc(F)cc1Br. The third-order valence-electron chi connectivity index (χ3n) is 3.48. The van der Waals surface area contributed by atoms with Crippen LogP contribution in [0.2, 0.25) is 0 Å². The van der Waals surface area contributed by atoms with Crippen molar-refractivity contribution in [3.05, 3.63) is 34.1 Å². The lowest BCUT2D eigenvalue weighted by Gasteiger charge is -2.33. The maximum absolute atomic E-state index is 13.1. The minimum atomic E-state index is -0.265. The minimum absolute atomic E-state index is 0.182. The molecule has 0 N–H and O–H groups in total. The first kappa shape index (κ1) is 14.5. The van der Waals surface area contributed by atoms with Crippen molar-refractivity contribution >= 4 is 21.9 Å². The summed E-state index contributed by atoms with van der Waals surface area (Å²) in [4.78, 5) is 13.9. The first-order valence-electron chi connectivity index (χ1n) is 6.37. The molecule has 1 atom stereocenters. The summed E-state index contributed by atoms with van der Waals surface area (Å²) in [6.07, 6.45) is 2.94. The van der Waals surface area contributed by atoms with E-state index in [1.807, 2.05) is 0 Å². The molecular formula is C14H17BrFNO2. The molecule has 1 aliphatic heterocycles. The number of nitrogens with zero attached hydrogens (tertiary/aromatic N) is 1. The van der Waals surface area contributed by atoms with Crippen LogP contribution in [0.3, 0.4) is 0 Å². The maximum Gasteiger partial charge on any atom is 0.323 e. The number of hydrogen-bond donors (Lipinski definition) is 0. The molecule has 1 unspecified atom stereocenters. The van der Waals surface area contributed by atoms with Crippen LogP contribution in [0, 0.1) is 5.82 Å². The van der Waals surface area contributed by atoms with Gasteiger partial charge in [0.05, 0.1) is 7.11 Å². The molecule has 0 amide bonds. The molecule has 1 saturated heterocycles. The molecule has 1 fully saturated rings. The molecular weight excluding hydrogens is 313 g/mol. The van der Waals surface area contributed by atoms with Gasteiger partial charge in [0.25, 0.3) is 0 Å². The average molecular weight is 330 g/mol. The van der Waals surface area contributed by atoms with Gasteiger partial charge in [-0.1, -0.05) is 28.4 Å². The number of carbonyl (C=O) groups is 1. The summed E-state index contributed by atoms with van der Waals surface area (Å²) in [6.45, 7) is 1.49. The summed E-state index contributed by atoms with van der Waals surface area (Å²) >= 11 is 3.37. The molecule has 0 bridgehead atoms. The Labute approximate surface area is 120 Å². The molecule has 0 aliphatic carbocycles.